The minimum absolute atomic E-state index is 0.351. The van der Waals surface area contributed by atoms with Crippen molar-refractivity contribution in [1.82, 2.24) is 10.2 Å². The van der Waals surface area contributed by atoms with Crippen LogP contribution in [0, 0.1) is 11.8 Å². The van der Waals surface area contributed by atoms with Crippen LogP contribution in [0.3, 0.4) is 0 Å². The fraction of sp³-hybridized carbons (Fsp3) is 0.471. The number of benzene rings is 1. The number of nitrogens with one attached hydrogen (secondary N) is 2. The van der Waals surface area contributed by atoms with E-state index in [0.29, 0.717) is 28.4 Å². The van der Waals surface area contributed by atoms with E-state index in [9.17, 15) is 4.79 Å². The van der Waals surface area contributed by atoms with E-state index < -0.39 is 0 Å². The summed E-state index contributed by atoms with van der Waals surface area (Å²) in [5, 5.41) is 15.2. The van der Waals surface area contributed by atoms with E-state index in [2.05, 4.69) is 39.6 Å². The number of piperidine rings is 1. The number of rotatable bonds is 4. The standard InChI is InChI=1S/C17H23N5O2S/c1-11-7-12(2)10-22(9-11)17-21-20-16(25-17)19-15(23)18-13-5-4-6-14(8-13)24-3/h4-6,8,11-12H,7,9-10H2,1-3H3,(H2,18,19,20,23). The molecule has 0 radical (unpaired) electrons. The molecule has 1 saturated heterocycles. The molecule has 1 fully saturated rings. The Hall–Kier alpha value is -2.35. The number of hydrogen-bond acceptors (Lipinski definition) is 6. The van der Waals surface area contributed by atoms with E-state index in [-0.39, 0.29) is 6.03 Å². The minimum atomic E-state index is -0.351. The Bertz CT molecular complexity index is 725. The average Bonchev–Trinajstić information content (AvgIpc) is 3.02. The third-order valence-electron chi connectivity index (χ3n) is 4.10. The monoisotopic (exact) mass is 361 g/mol. The topological polar surface area (TPSA) is 79.4 Å². The molecule has 0 saturated carbocycles. The Kier molecular flexibility index (Phi) is 5.37. The zero-order valence-electron chi connectivity index (χ0n) is 14.7. The van der Waals surface area contributed by atoms with Crippen molar-refractivity contribution < 1.29 is 9.53 Å². The van der Waals surface area contributed by atoms with Gasteiger partial charge < -0.3 is 15.0 Å². The van der Waals surface area contributed by atoms with Gasteiger partial charge in [-0.1, -0.05) is 31.3 Å². The molecule has 2 N–H and O–H groups in total. The van der Waals surface area contributed by atoms with E-state index in [4.69, 9.17) is 4.74 Å². The third kappa shape index (κ3) is 4.60. The average molecular weight is 361 g/mol. The third-order valence-corrected chi connectivity index (χ3v) is 5.00. The molecule has 0 aliphatic carbocycles. The molecule has 2 heterocycles. The SMILES string of the molecule is COc1cccc(NC(=O)Nc2nnc(N3CC(C)CC(C)C3)s2)c1. The molecule has 1 aromatic carbocycles. The maximum atomic E-state index is 12.1. The Labute approximate surface area is 151 Å². The van der Waals surface area contributed by atoms with E-state index in [1.165, 1.54) is 17.8 Å². The number of nitrogens with zero attached hydrogens (tertiary/aromatic N) is 3. The Morgan fingerprint density at radius 3 is 2.72 bits per heavy atom. The van der Waals surface area contributed by atoms with Gasteiger partial charge in [-0.15, -0.1) is 10.2 Å². The van der Waals surface area contributed by atoms with Gasteiger partial charge in [0.25, 0.3) is 0 Å². The van der Waals surface area contributed by atoms with Crippen molar-refractivity contribution >= 4 is 33.3 Å². The maximum absolute atomic E-state index is 12.1. The summed E-state index contributed by atoms with van der Waals surface area (Å²) in [6.07, 6.45) is 1.24. The van der Waals surface area contributed by atoms with Crippen LogP contribution in [0.15, 0.2) is 24.3 Å². The first kappa shape index (κ1) is 17.5. The molecule has 2 atom stereocenters. The van der Waals surface area contributed by atoms with Crippen molar-refractivity contribution in [2.75, 3.05) is 35.7 Å². The highest BCUT2D eigenvalue weighted by molar-refractivity contribution is 7.19. The Balaban J connectivity index is 1.60. The molecule has 8 heteroatoms. The van der Waals surface area contributed by atoms with Gasteiger partial charge in [0.15, 0.2) is 0 Å². The molecule has 2 unspecified atom stereocenters. The van der Waals surface area contributed by atoms with Crippen LogP contribution in [0.5, 0.6) is 5.75 Å². The molecule has 2 amide bonds. The Morgan fingerprint density at radius 2 is 2.00 bits per heavy atom. The van der Waals surface area contributed by atoms with E-state index >= 15 is 0 Å². The number of carbonyl (C=O) groups is 1. The molecule has 0 bridgehead atoms. The molecule has 2 aromatic rings. The van der Waals surface area contributed by atoms with Crippen molar-refractivity contribution in [2.45, 2.75) is 20.3 Å². The van der Waals surface area contributed by atoms with Crippen LogP contribution in [0.1, 0.15) is 20.3 Å². The molecule has 1 aliphatic rings. The first-order valence-corrected chi connectivity index (χ1v) is 9.15. The molecule has 1 aliphatic heterocycles. The molecule has 0 spiro atoms. The molecule has 1 aromatic heterocycles. The number of anilines is 3. The van der Waals surface area contributed by atoms with E-state index in [1.54, 1.807) is 19.2 Å². The van der Waals surface area contributed by atoms with Crippen LogP contribution < -0.4 is 20.3 Å². The molecule has 3 rings (SSSR count). The summed E-state index contributed by atoms with van der Waals surface area (Å²) in [7, 11) is 1.59. The maximum Gasteiger partial charge on any atom is 0.325 e. The van der Waals surface area contributed by atoms with Gasteiger partial charge in [-0.2, -0.15) is 0 Å². The van der Waals surface area contributed by atoms with Gasteiger partial charge in [-0.05, 0) is 30.4 Å². The van der Waals surface area contributed by atoms with Crippen LogP contribution in [0.25, 0.3) is 0 Å². The quantitative estimate of drug-likeness (QED) is 0.868. The van der Waals surface area contributed by atoms with Gasteiger partial charge >= 0.3 is 6.03 Å². The molecule has 25 heavy (non-hydrogen) atoms. The van der Waals surface area contributed by atoms with E-state index in [1.807, 2.05) is 12.1 Å². The zero-order valence-corrected chi connectivity index (χ0v) is 15.5. The number of amides is 2. The first-order valence-electron chi connectivity index (χ1n) is 8.34. The summed E-state index contributed by atoms with van der Waals surface area (Å²) < 4.78 is 5.14. The van der Waals surface area contributed by atoms with Crippen LogP contribution in [0.4, 0.5) is 20.7 Å². The van der Waals surface area contributed by atoms with Crippen LogP contribution in [0.2, 0.25) is 0 Å². The number of ether oxygens (including phenoxy) is 1. The molecular formula is C17H23N5O2S. The second kappa shape index (κ2) is 7.69. The van der Waals surface area contributed by atoms with Crippen LogP contribution in [-0.2, 0) is 0 Å². The summed E-state index contributed by atoms with van der Waals surface area (Å²) in [6.45, 7) is 6.47. The summed E-state index contributed by atoms with van der Waals surface area (Å²) in [5.74, 6) is 1.96. The first-order chi connectivity index (χ1) is 12.0. The van der Waals surface area contributed by atoms with Crippen LogP contribution >= 0.6 is 11.3 Å². The summed E-state index contributed by atoms with van der Waals surface area (Å²) in [5.41, 5.74) is 0.653. The number of hydrogen-bond donors (Lipinski definition) is 2. The largest absolute Gasteiger partial charge is 0.497 e. The number of methoxy groups -OCH3 is 1. The van der Waals surface area contributed by atoms with Gasteiger partial charge in [0.2, 0.25) is 10.3 Å². The fourth-order valence-corrected chi connectivity index (χ4v) is 3.93. The number of carbonyl (C=O) groups excluding carboxylic acids is 1. The lowest BCUT2D eigenvalue weighted by Gasteiger charge is -2.34. The molecule has 7 nitrogen and oxygen atoms in total. The van der Waals surface area contributed by atoms with Crippen LogP contribution in [-0.4, -0.2) is 36.4 Å². The van der Waals surface area contributed by atoms with Crippen molar-refractivity contribution in [2.24, 2.45) is 11.8 Å². The Morgan fingerprint density at radius 1 is 1.24 bits per heavy atom. The normalized spacial score (nSPS) is 20.2. The van der Waals surface area contributed by atoms with Crippen molar-refractivity contribution in [1.29, 1.82) is 0 Å². The zero-order chi connectivity index (χ0) is 17.8. The second-order valence-corrected chi connectivity index (χ2v) is 7.51. The molecule has 134 valence electrons. The highest BCUT2D eigenvalue weighted by Gasteiger charge is 2.24. The van der Waals surface area contributed by atoms with E-state index in [0.717, 1.165) is 18.2 Å². The summed E-state index contributed by atoms with van der Waals surface area (Å²) in [4.78, 5) is 14.4. The summed E-state index contributed by atoms with van der Waals surface area (Å²) >= 11 is 1.40. The number of urea groups is 1. The van der Waals surface area contributed by atoms with Crippen molar-refractivity contribution in [3.63, 3.8) is 0 Å². The smallest absolute Gasteiger partial charge is 0.325 e. The lowest BCUT2D eigenvalue weighted by atomic mass is 9.92. The van der Waals surface area contributed by atoms with Crippen molar-refractivity contribution in [3.05, 3.63) is 24.3 Å². The highest BCUT2D eigenvalue weighted by atomic mass is 32.1. The van der Waals surface area contributed by atoms with Gasteiger partial charge in [0, 0.05) is 24.8 Å². The fourth-order valence-electron chi connectivity index (χ4n) is 3.17. The lowest BCUT2D eigenvalue weighted by molar-refractivity contribution is 0.262. The predicted octanol–water partition coefficient (Wildman–Crippen LogP) is 3.67. The van der Waals surface area contributed by atoms with Gasteiger partial charge in [0.05, 0.1) is 7.11 Å². The summed E-state index contributed by atoms with van der Waals surface area (Å²) in [6, 6.07) is 6.83. The predicted molar refractivity (Wildman–Crippen MR) is 101 cm³/mol. The van der Waals surface area contributed by atoms with Gasteiger partial charge in [0.1, 0.15) is 5.75 Å². The van der Waals surface area contributed by atoms with Crippen molar-refractivity contribution in [3.8, 4) is 5.75 Å². The van der Waals surface area contributed by atoms with Gasteiger partial charge in [-0.3, -0.25) is 5.32 Å². The highest BCUT2D eigenvalue weighted by Crippen LogP contribution is 2.30. The van der Waals surface area contributed by atoms with Gasteiger partial charge in [-0.25, -0.2) is 4.79 Å². The number of aromatic nitrogens is 2. The lowest BCUT2D eigenvalue weighted by Crippen LogP contribution is -2.38. The second-order valence-electron chi connectivity index (χ2n) is 6.55. The molecular weight excluding hydrogens is 338 g/mol. The minimum Gasteiger partial charge on any atom is -0.497 e.